The second-order valence-electron chi connectivity index (χ2n) is 6.95. The van der Waals surface area contributed by atoms with Gasteiger partial charge in [0, 0.05) is 16.5 Å². The summed E-state index contributed by atoms with van der Waals surface area (Å²) in [6.07, 6.45) is 1.30. The number of alkyl halides is 3. The number of thioether (sulfide) groups is 1. The average Bonchev–Trinajstić information content (AvgIpc) is 3.48. The first kappa shape index (κ1) is 20.2. The van der Waals surface area contributed by atoms with Crippen LogP contribution < -0.4 is 10.9 Å². The van der Waals surface area contributed by atoms with Crippen LogP contribution >= 0.6 is 11.8 Å². The van der Waals surface area contributed by atoms with Crippen molar-refractivity contribution in [2.45, 2.75) is 28.8 Å². The summed E-state index contributed by atoms with van der Waals surface area (Å²) >= 11 is -0.183. The number of hydrogen-bond donors (Lipinski definition) is 2. The zero-order chi connectivity index (χ0) is 21.4. The van der Waals surface area contributed by atoms with Crippen LogP contribution in [0.4, 0.5) is 13.2 Å². The van der Waals surface area contributed by atoms with E-state index < -0.39 is 22.5 Å². The molecule has 1 heterocycles. The molecule has 0 aliphatic heterocycles. The molecule has 0 saturated heterocycles. The summed E-state index contributed by atoms with van der Waals surface area (Å²) in [5.41, 5.74) is -4.09. The SMILES string of the molecule is O=C(NC1(c2ccc(SC(F)(F)F)cc2)CC1)c1cc(=O)[nH]c(-c2ccccc2)n1. The van der Waals surface area contributed by atoms with Gasteiger partial charge >= 0.3 is 5.51 Å². The fraction of sp³-hybridized carbons (Fsp3) is 0.190. The highest BCUT2D eigenvalue weighted by atomic mass is 32.2. The molecular weight excluding hydrogens is 415 g/mol. The largest absolute Gasteiger partial charge is 0.446 e. The van der Waals surface area contributed by atoms with Gasteiger partial charge in [0.25, 0.3) is 11.5 Å². The molecule has 0 atom stereocenters. The van der Waals surface area contributed by atoms with Crippen molar-refractivity contribution in [2.24, 2.45) is 0 Å². The Hall–Kier alpha value is -3.07. The number of aromatic nitrogens is 2. The van der Waals surface area contributed by atoms with Gasteiger partial charge in [0.2, 0.25) is 0 Å². The molecule has 3 aromatic rings. The molecule has 0 unspecified atom stereocenters. The molecule has 2 N–H and O–H groups in total. The van der Waals surface area contributed by atoms with E-state index in [4.69, 9.17) is 0 Å². The van der Waals surface area contributed by atoms with Gasteiger partial charge in [-0.05, 0) is 42.3 Å². The monoisotopic (exact) mass is 431 g/mol. The van der Waals surface area contributed by atoms with Crippen LogP contribution in [-0.2, 0) is 5.54 Å². The van der Waals surface area contributed by atoms with Crippen LogP contribution in [0.2, 0.25) is 0 Å². The molecule has 0 radical (unpaired) electrons. The maximum absolute atomic E-state index is 12.8. The predicted molar refractivity (Wildman–Crippen MR) is 107 cm³/mol. The van der Waals surface area contributed by atoms with E-state index >= 15 is 0 Å². The van der Waals surface area contributed by atoms with E-state index in [1.807, 2.05) is 6.07 Å². The number of amides is 1. The number of hydrogen-bond acceptors (Lipinski definition) is 4. The second kappa shape index (κ2) is 7.64. The van der Waals surface area contributed by atoms with E-state index in [0.29, 0.717) is 18.4 Å². The number of nitrogens with one attached hydrogen (secondary N) is 2. The highest BCUT2D eigenvalue weighted by Crippen LogP contribution is 2.46. The lowest BCUT2D eigenvalue weighted by molar-refractivity contribution is -0.0328. The fourth-order valence-electron chi connectivity index (χ4n) is 3.17. The Labute approximate surface area is 173 Å². The van der Waals surface area contributed by atoms with Gasteiger partial charge in [-0.3, -0.25) is 9.59 Å². The Kier molecular flexibility index (Phi) is 5.15. The Morgan fingerprint density at radius 1 is 1.07 bits per heavy atom. The number of halogens is 3. The molecule has 9 heteroatoms. The molecule has 1 aliphatic rings. The molecule has 154 valence electrons. The third-order valence-electron chi connectivity index (χ3n) is 4.76. The topological polar surface area (TPSA) is 74.8 Å². The van der Waals surface area contributed by atoms with E-state index in [0.717, 1.165) is 11.6 Å². The van der Waals surface area contributed by atoms with Crippen molar-refractivity contribution in [3.05, 3.63) is 82.3 Å². The molecule has 4 rings (SSSR count). The van der Waals surface area contributed by atoms with Crippen molar-refractivity contribution in [3.63, 3.8) is 0 Å². The lowest BCUT2D eigenvalue weighted by Gasteiger charge is -2.18. The maximum Gasteiger partial charge on any atom is 0.446 e. The van der Waals surface area contributed by atoms with Crippen molar-refractivity contribution in [3.8, 4) is 11.4 Å². The number of benzene rings is 2. The molecule has 5 nitrogen and oxygen atoms in total. The zero-order valence-corrected chi connectivity index (χ0v) is 16.3. The van der Waals surface area contributed by atoms with Gasteiger partial charge in [-0.1, -0.05) is 42.5 Å². The van der Waals surface area contributed by atoms with Gasteiger partial charge < -0.3 is 10.3 Å². The van der Waals surface area contributed by atoms with E-state index in [-0.39, 0.29) is 28.2 Å². The molecule has 0 spiro atoms. The first-order chi connectivity index (χ1) is 14.2. The number of carbonyl (C=O) groups is 1. The molecule has 1 fully saturated rings. The fourth-order valence-corrected chi connectivity index (χ4v) is 3.71. The minimum absolute atomic E-state index is 0.0203. The van der Waals surface area contributed by atoms with E-state index in [2.05, 4.69) is 15.3 Å². The summed E-state index contributed by atoms with van der Waals surface area (Å²) in [4.78, 5) is 31.8. The molecule has 2 aromatic carbocycles. The van der Waals surface area contributed by atoms with Crippen molar-refractivity contribution in [1.29, 1.82) is 0 Å². The van der Waals surface area contributed by atoms with E-state index in [1.54, 1.807) is 36.4 Å². The molecule has 30 heavy (non-hydrogen) atoms. The van der Waals surface area contributed by atoms with Gasteiger partial charge in [0.15, 0.2) is 0 Å². The van der Waals surface area contributed by atoms with Crippen molar-refractivity contribution >= 4 is 17.7 Å². The van der Waals surface area contributed by atoms with E-state index in [1.165, 1.54) is 12.1 Å². The number of rotatable bonds is 5. The number of nitrogens with zero attached hydrogens (tertiary/aromatic N) is 1. The summed E-state index contributed by atoms with van der Waals surface area (Å²) in [6.45, 7) is 0. The summed E-state index contributed by atoms with van der Waals surface area (Å²) in [5.74, 6) is -0.226. The minimum Gasteiger partial charge on any atom is -0.341 e. The third kappa shape index (κ3) is 4.56. The van der Waals surface area contributed by atoms with Crippen LogP contribution in [0.25, 0.3) is 11.4 Å². The van der Waals surface area contributed by atoms with Crippen molar-refractivity contribution in [2.75, 3.05) is 0 Å². The Balaban J connectivity index is 1.54. The predicted octanol–water partition coefficient (Wildman–Crippen LogP) is 4.47. The minimum atomic E-state index is -4.35. The standard InChI is InChI=1S/C21H16F3N3O2S/c22-21(23,24)30-15-8-6-14(7-9-15)20(10-11-20)27-19(29)16-12-17(28)26-18(25-16)13-4-2-1-3-5-13/h1-9,12H,10-11H2,(H,27,29)(H,25,26,28). The van der Waals surface area contributed by atoms with Crippen LogP contribution in [0.15, 0.2) is 70.4 Å². The third-order valence-corrected chi connectivity index (χ3v) is 5.50. The molecule has 1 saturated carbocycles. The smallest absolute Gasteiger partial charge is 0.341 e. The van der Waals surface area contributed by atoms with Gasteiger partial charge in [-0.15, -0.1) is 0 Å². The van der Waals surface area contributed by atoms with Gasteiger partial charge in [-0.25, -0.2) is 4.98 Å². The molecular formula is C21H16F3N3O2S. The summed E-state index contributed by atoms with van der Waals surface area (Å²) in [5, 5.41) is 2.89. The number of aromatic amines is 1. The number of carbonyl (C=O) groups excluding carboxylic acids is 1. The van der Waals surface area contributed by atoms with Crippen molar-refractivity contribution < 1.29 is 18.0 Å². The van der Waals surface area contributed by atoms with Crippen LogP contribution in [-0.4, -0.2) is 21.4 Å². The Morgan fingerprint density at radius 2 is 1.73 bits per heavy atom. The highest BCUT2D eigenvalue weighted by Gasteiger charge is 2.46. The molecule has 1 amide bonds. The number of H-pyrrole nitrogens is 1. The Bertz CT molecular complexity index is 1120. The summed E-state index contributed by atoms with van der Waals surface area (Å²) in [6, 6.07) is 16.0. The molecule has 1 aliphatic carbocycles. The maximum atomic E-state index is 12.8. The normalized spacial score (nSPS) is 14.9. The first-order valence-corrected chi connectivity index (χ1v) is 9.91. The molecule has 0 bridgehead atoms. The van der Waals surface area contributed by atoms with Gasteiger partial charge in [0.05, 0.1) is 5.54 Å². The van der Waals surface area contributed by atoms with Crippen LogP contribution in [0, 0.1) is 0 Å². The highest BCUT2D eigenvalue weighted by molar-refractivity contribution is 8.00. The average molecular weight is 431 g/mol. The quantitative estimate of drug-likeness (QED) is 0.585. The van der Waals surface area contributed by atoms with Crippen LogP contribution in [0.1, 0.15) is 28.9 Å². The van der Waals surface area contributed by atoms with Gasteiger partial charge in [0.1, 0.15) is 11.5 Å². The lowest BCUT2D eigenvalue weighted by atomic mass is 10.0. The Morgan fingerprint density at radius 3 is 2.33 bits per heavy atom. The van der Waals surface area contributed by atoms with Crippen molar-refractivity contribution in [1.82, 2.24) is 15.3 Å². The van der Waals surface area contributed by atoms with Crippen LogP contribution in [0.5, 0.6) is 0 Å². The lowest BCUT2D eigenvalue weighted by Crippen LogP contribution is -2.36. The van der Waals surface area contributed by atoms with Crippen LogP contribution in [0.3, 0.4) is 0 Å². The molecule has 1 aromatic heterocycles. The summed E-state index contributed by atoms with van der Waals surface area (Å²) < 4.78 is 37.5. The first-order valence-electron chi connectivity index (χ1n) is 9.10. The van der Waals surface area contributed by atoms with Gasteiger partial charge in [-0.2, -0.15) is 13.2 Å². The zero-order valence-electron chi connectivity index (χ0n) is 15.5. The summed E-state index contributed by atoms with van der Waals surface area (Å²) in [7, 11) is 0. The van der Waals surface area contributed by atoms with E-state index in [9.17, 15) is 22.8 Å². The second-order valence-corrected chi connectivity index (χ2v) is 8.09.